The lowest BCUT2D eigenvalue weighted by Gasteiger charge is -2.28. The first-order valence-electron chi connectivity index (χ1n) is 20.7. The Morgan fingerprint density at radius 2 is 0.900 bits per heavy atom. The van der Waals surface area contributed by atoms with Gasteiger partial charge < -0.3 is 27.9 Å². The third-order valence-corrected chi connectivity index (χ3v) is 10.1. The topological polar surface area (TPSA) is 111 Å². The van der Waals surface area contributed by atoms with Crippen molar-refractivity contribution in [2.24, 2.45) is 0 Å². The van der Waals surface area contributed by atoms with Gasteiger partial charge in [-0.25, -0.2) is 0 Å². The number of esters is 2. The zero-order valence-electron chi connectivity index (χ0n) is 33.4. The molecule has 0 radical (unpaired) electrons. The molecule has 0 aromatic carbocycles. The highest BCUT2D eigenvalue weighted by molar-refractivity contribution is 7.45. The van der Waals surface area contributed by atoms with Gasteiger partial charge in [0.1, 0.15) is 19.8 Å². The van der Waals surface area contributed by atoms with Crippen molar-refractivity contribution in [3.63, 3.8) is 0 Å². The number of carbonyl (C=O) groups is 2. The SMILES string of the molecule is CCCCCCCCCCCCCCCC(=O)OC[C@@H](COP(=O)([O-])OCC[N+](C)(C)C)OC(=O)CCCCCCCCCCCCCCC. The molecule has 0 aliphatic heterocycles. The predicted molar refractivity (Wildman–Crippen MR) is 204 cm³/mol. The van der Waals surface area contributed by atoms with Crippen LogP contribution in [0, 0.1) is 0 Å². The van der Waals surface area contributed by atoms with E-state index < -0.39 is 26.5 Å². The van der Waals surface area contributed by atoms with Crippen molar-refractivity contribution >= 4 is 19.8 Å². The van der Waals surface area contributed by atoms with Crippen LogP contribution in [0.1, 0.15) is 194 Å². The molecule has 0 saturated heterocycles. The van der Waals surface area contributed by atoms with E-state index in [0.29, 0.717) is 17.4 Å². The van der Waals surface area contributed by atoms with Gasteiger partial charge in [-0.3, -0.25) is 14.2 Å². The average Bonchev–Trinajstić information content (AvgIpc) is 3.06. The molecule has 1 unspecified atom stereocenters. The molecule has 298 valence electrons. The van der Waals surface area contributed by atoms with E-state index in [0.717, 1.165) is 32.1 Å². The molecular formula is C40H80NO8P. The standard InChI is InChI=1S/C40H80NO8P/c1-6-8-10-12-14-16-18-20-22-24-26-28-30-32-39(42)46-36-38(37-48-50(44,45)47-35-34-41(3,4)5)49-40(43)33-31-29-27-25-23-21-19-17-15-13-11-9-7-2/h38H,6-37H2,1-5H3/t38-/m0/s1. The number of likely N-dealkylation sites (N-methyl/N-ethyl adjacent to an activating group) is 1. The number of phosphoric acid groups is 1. The van der Waals surface area contributed by atoms with Gasteiger partial charge in [-0.05, 0) is 12.8 Å². The van der Waals surface area contributed by atoms with Crippen LogP contribution < -0.4 is 4.89 Å². The summed E-state index contributed by atoms with van der Waals surface area (Å²) in [5.74, 6) is -0.823. The molecule has 0 aliphatic rings. The van der Waals surface area contributed by atoms with Crippen molar-refractivity contribution < 1.29 is 42.1 Å². The Morgan fingerprint density at radius 1 is 0.540 bits per heavy atom. The molecule has 0 spiro atoms. The summed E-state index contributed by atoms with van der Waals surface area (Å²) in [5, 5.41) is 0. The molecule has 50 heavy (non-hydrogen) atoms. The summed E-state index contributed by atoms with van der Waals surface area (Å²) in [7, 11) is 1.18. The summed E-state index contributed by atoms with van der Waals surface area (Å²) in [5.41, 5.74) is 0. The van der Waals surface area contributed by atoms with E-state index in [2.05, 4.69) is 13.8 Å². The van der Waals surface area contributed by atoms with Crippen LogP contribution in [0.15, 0.2) is 0 Å². The van der Waals surface area contributed by atoms with Crippen molar-refractivity contribution in [2.75, 3.05) is 47.5 Å². The minimum absolute atomic E-state index is 0.0259. The second-order valence-electron chi connectivity index (χ2n) is 15.4. The third kappa shape index (κ3) is 36.8. The second kappa shape index (κ2) is 33.8. The van der Waals surface area contributed by atoms with E-state index in [4.69, 9.17) is 18.5 Å². The van der Waals surface area contributed by atoms with E-state index in [-0.39, 0.29) is 32.0 Å². The number of rotatable bonds is 38. The van der Waals surface area contributed by atoms with Crippen molar-refractivity contribution in [3.05, 3.63) is 0 Å². The maximum Gasteiger partial charge on any atom is 0.306 e. The van der Waals surface area contributed by atoms with Gasteiger partial charge in [-0.15, -0.1) is 0 Å². The average molecular weight is 734 g/mol. The number of ether oxygens (including phenoxy) is 2. The van der Waals surface area contributed by atoms with Crippen LogP contribution in [0.4, 0.5) is 0 Å². The lowest BCUT2D eigenvalue weighted by atomic mass is 10.0. The first-order chi connectivity index (χ1) is 24.0. The quantitative estimate of drug-likeness (QED) is 0.0267. The molecule has 2 atom stereocenters. The first kappa shape index (κ1) is 49.0. The maximum atomic E-state index is 12.6. The molecule has 0 fully saturated rings. The van der Waals surface area contributed by atoms with Crippen LogP contribution in [0.2, 0.25) is 0 Å². The van der Waals surface area contributed by atoms with E-state index in [1.807, 2.05) is 21.1 Å². The van der Waals surface area contributed by atoms with E-state index in [1.54, 1.807) is 0 Å². The molecule has 0 amide bonds. The second-order valence-corrected chi connectivity index (χ2v) is 16.8. The van der Waals surface area contributed by atoms with Crippen molar-refractivity contribution in [1.82, 2.24) is 0 Å². The van der Waals surface area contributed by atoms with Crippen LogP contribution in [-0.2, 0) is 32.7 Å². The Hall–Kier alpha value is -0.990. The lowest BCUT2D eigenvalue weighted by molar-refractivity contribution is -0.870. The van der Waals surface area contributed by atoms with Crippen molar-refractivity contribution in [3.8, 4) is 0 Å². The van der Waals surface area contributed by atoms with Crippen LogP contribution in [0.25, 0.3) is 0 Å². The molecule has 0 saturated carbocycles. The fourth-order valence-corrected chi connectivity index (χ4v) is 6.56. The molecule has 0 aromatic rings. The molecule has 0 heterocycles. The minimum atomic E-state index is -4.61. The Bertz CT molecular complexity index is 835. The lowest BCUT2D eigenvalue weighted by Crippen LogP contribution is -2.37. The Balaban J connectivity index is 4.36. The highest BCUT2D eigenvalue weighted by Crippen LogP contribution is 2.38. The van der Waals surface area contributed by atoms with E-state index in [9.17, 15) is 19.0 Å². The van der Waals surface area contributed by atoms with Gasteiger partial charge in [-0.1, -0.05) is 168 Å². The van der Waals surface area contributed by atoms with Crippen molar-refractivity contribution in [2.45, 2.75) is 200 Å². The number of carbonyl (C=O) groups excluding carboxylic acids is 2. The van der Waals surface area contributed by atoms with Gasteiger partial charge in [0.25, 0.3) is 7.82 Å². The van der Waals surface area contributed by atoms with Crippen LogP contribution in [0.3, 0.4) is 0 Å². The zero-order chi connectivity index (χ0) is 37.2. The van der Waals surface area contributed by atoms with Gasteiger partial charge in [-0.2, -0.15) is 0 Å². The fraction of sp³-hybridized carbons (Fsp3) is 0.950. The van der Waals surface area contributed by atoms with Gasteiger partial charge in [0.15, 0.2) is 6.10 Å². The summed E-state index contributed by atoms with van der Waals surface area (Å²) in [6.07, 6.45) is 31.2. The van der Waals surface area contributed by atoms with Crippen LogP contribution >= 0.6 is 7.82 Å². The Labute approximate surface area is 308 Å². The zero-order valence-corrected chi connectivity index (χ0v) is 34.3. The number of unbranched alkanes of at least 4 members (excludes halogenated alkanes) is 24. The van der Waals surface area contributed by atoms with Gasteiger partial charge in [0.2, 0.25) is 0 Å². The largest absolute Gasteiger partial charge is 0.756 e. The molecule has 0 aromatic heterocycles. The van der Waals surface area contributed by atoms with Crippen LogP contribution in [0.5, 0.6) is 0 Å². The van der Waals surface area contributed by atoms with E-state index in [1.165, 1.54) is 128 Å². The highest BCUT2D eigenvalue weighted by Gasteiger charge is 2.21. The molecule has 10 heteroatoms. The molecule has 9 nitrogen and oxygen atoms in total. The van der Waals surface area contributed by atoms with Gasteiger partial charge in [0, 0.05) is 12.8 Å². The first-order valence-corrected chi connectivity index (χ1v) is 22.2. The number of hydrogen-bond donors (Lipinski definition) is 0. The maximum absolute atomic E-state index is 12.6. The summed E-state index contributed by atoms with van der Waals surface area (Å²) in [6.45, 7) is 4.24. The monoisotopic (exact) mass is 734 g/mol. The summed E-state index contributed by atoms with van der Waals surface area (Å²) in [6, 6.07) is 0. The highest BCUT2D eigenvalue weighted by atomic mass is 31.2. The number of phosphoric ester groups is 1. The molecular weight excluding hydrogens is 653 g/mol. The van der Waals surface area contributed by atoms with Crippen LogP contribution in [-0.4, -0.2) is 70.0 Å². The molecule has 0 rings (SSSR count). The smallest absolute Gasteiger partial charge is 0.306 e. The summed E-state index contributed by atoms with van der Waals surface area (Å²) >= 11 is 0. The number of nitrogens with zero attached hydrogens (tertiary/aromatic N) is 1. The normalized spacial score (nSPS) is 13.6. The Morgan fingerprint density at radius 3 is 1.28 bits per heavy atom. The fourth-order valence-electron chi connectivity index (χ4n) is 5.83. The summed E-state index contributed by atoms with van der Waals surface area (Å²) < 4.78 is 33.8. The molecule has 0 N–H and O–H groups in total. The number of quaternary nitrogens is 1. The van der Waals surface area contributed by atoms with Gasteiger partial charge >= 0.3 is 11.9 Å². The van der Waals surface area contributed by atoms with Gasteiger partial charge in [0.05, 0.1) is 27.7 Å². The predicted octanol–water partition coefficient (Wildman–Crippen LogP) is 10.6. The van der Waals surface area contributed by atoms with E-state index >= 15 is 0 Å². The minimum Gasteiger partial charge on any atom is -0.756 e. The molecule has 0 bridgehead atoms. The van der Waals surface area contributed by atoms with Crippen molar-refractivity contribution in [1.29, 1.82) is 0 Å². The summed E-state index contributed by atoms with van der Waals surface area (Å²) in [4.78, 5) is 37.4. The molecule has 0 aliphatic carbocycles. The number of hydrogen-bond acceptors (Lipinski definition) is 8. The Kier molecular flexibility index (Phi) is 33.2. The third-order valence-electron chi connectivity index (χ3n) is 9.13.